The Morgan fingerprint density at radius 2 is 1.65 bits per heavy atom. The lowest BCUT2D eigenvalue weighted by Gasteiger charge is -2.32. The molecule has 6 nitrogen and oxygen atoms in total. The van der Waals surface area contributed by atoms with Crippen LogP contribution in [-0.2, 0) is 18.4 Å². The third-order valence-electron chi connectivity index (χ3n) is 6.99. The van der Waals surface area contributed by atoms with E-state index in [1.54, 1.807) is 4.90 Å². The molecule has 2 aromatic rings. The fourth-order valence-electron chi connectivity index (χ4n) is 4.40. The van der Waals surface area contributed by atoms with Gasteiger partial charge in [-0.1, -0.05) is 52.8 Å². The van der Waals surface area contributed by atoms with Crippen molar-refractivity contribution in [3.63, 3.8) is 0 Å². The fraction of sp³-hybridized carbons (Fsp3) is 0.571. The van der Waals surface area contributed by atoms with E-state index in [1.807, 2.05) is 31.1 Å². The Hall–Kier alpha value is -2.76. The smallest absolute Gasteiger partial charge is 0.322 e. The Morgan fingerprint density at radius 3 is 2.12 bits per heavy atom. The molecule has 3 rings (SSSR count). The van der Waals surface area contributed by atoms with Crippen molar-refractivity contribution in [2.24, 2.45) is 7.05 Å². The highest BCUT2D eigenvalue weighted by Crippen LogP contribution is 2.33. The topological polar surface area (TPSA) is 57.6 Å². The van der Waals surface area contributed by atoms with E-state index in [1.165, 1.54) is 0 Å². The van der Waals surface area contributed by atoms with Gasteiger partial charge in [0.1, 0.15) is 6.54 Å². The van der Waals surface area contributed by atoms with Gasteiger partial charge in [0.2, 0.25) is 5.91 Å². The van der Waals surface area contributed by atoms with Crippen LogP contribution in [0.25, 0.3) is 0 Å². The molecule has 0 saturated heterocycles. The number of carbonyl (C=O) groups excluding carboxylic acids is 2. The molecule has 0 bridgehead atoms. The number of hydrogen-bond acceptors (Lipinski definition) is 2. The normalized spacial score (nSPS) is 14.4. The van der Waals surface area contributed by atoms with Crippen molar-refractivity contribution < 1.29 is 9.59 Å². The first-order valence-electron chi connectivity index (χ1n) is 12.7. The molecule has 1 aromatic carbocycles. The molecule has 3 amide bonds. The highest BCUT2D eigenvalue weighted by atomic mass is 16.2. The van der Waals surface area contributed by atoms with E-state index in [-0.39, 0.29) is 42.4 Å². The van der Waals surface area contributed by atoms with Gasteiger partial charge in [0.15, 0.2) is 0 Å². The number of para-hydroxylation sites is 1. The fourth-order valence-corrected chi connectivity index (χ4v) is 4.40. The van der Waals surface area contributed by atoms with Crippen LogP contribution in [0.3, 0.4) is 0 Å². The first kappa shape index (κ1) is 25.9. The molecule has 0 radical (unpaired) electrons. The summed E-state index contributed by atoms with van der Waals surface area (Å²) in [5, 5.41) is 3.21. The van der Waals surface area contributed by atoms with Gasteiger partial charge in [-0.05, 0) is 61.3 Å². The number of nitrogens with one attached hydrogen (secondary N) is 1. The van der Waals surface area contributed by atoms with Gasteiger partial charge in [0.05, 0.1) is 6.54 Å². The zero-order valence-corrected chi connectivity index (χ0v) is 22.0. The largest absolute Gasteiger partial charge is 0.353 e. The molecule has 6 heteroatoms. The zero-order chi connectivity index (χ0) is 25.0. The molecule has 0 aliphatic heterocycles. The number of hydrogen-bond donors (Lipinski definition) is 1. The minimum absolute atomic E-state index is 0.0142. The number of nitrogens with zero attached hydrogens (tertiary/aromatic N) is 3. The second-order valence-electron chi connectivity index (χ2n) is 10.3. The number of urea groups is 1. The van der Waals surface area contributed by atoms with Gasteiger partial charge in [-0.3, -0.25) is 4.79 Å². The minimum atomic E-state index is -0.202. The Labute approximate surface area is 205 Å². The molecule has 1 aliphatic rings. The van der Waals surface area contributed by atoms with Crippen molar-refractivity contribution in [2.45, 2.75) is 91.3 Å². The summed E-state index contributed by atoms with van der Waals surface area (Å²) in [4.78, 5) is 30.8. The lowest BCUT2D eigenvalue weighted by molar-refractivity contribution is -0.133. The Kier molecular flexibility index (Phi) is 8.45. The maximum Gasteiger partial charge on any atom is 0.322 e. The second kappa shape index (κ2) is 11.1. The van der Waals surface area contributed by atoms with Crippen LogP contribution in [0.2, 0.25) is 0 Å². The van der Waals surface area contributed by atoms with Crippen LogP contribution in [0, 0.1) is 0 Å². The third-order valence-corrected chi connectivity index (χ3v) is 6.99. The highest BCUT2D eigenvalue weighted by Gasteiger charge is 2.35. The summed E-state index contributed by atoms with van der Waals surface area (Å²) in [5.41, 5.74) is 4.24. The molecule has 186 valence electrons. The summed E-state index contributed by atoms with van der Waals surface area (Å²) < 4.78 is 2.05. The van der Waals surface area contributed by atoms with Crippen molar-refractivity contribution in [3.05, 3.63) is 53.3 Å². The van der Waals surface area contributed by atoms with Crippen LogP contribution in [-0.4, -0.2) is 44.9 Å². The molecule has 1 aliphatic carbocycles. The number of rotatable bonds is 10. The van der Waals surface area contributed by atoms with Gasteiger partial charge in [0, 0.05) is 36.7 Å². The van der Waals surface area contributed by atoms with E-state index in [4.69, 9.17) is 0 Å². The monoisotopic (exact) mass is 466 g/mol. The standard InChI is InChI=1S/C28H42N4O2/c1-8-21(6)31(18-26(33)32(22-14-15-22)17-23-11-10-16-30(23)7)28(34)29-27-24(19(2)3)12-9-13-25(27)20(4)5/h9-13,16,19-22H,8,14-15,17-18H2,1-7H3,(H,29,34). The third kappa shape index (κ3) is 6.02. The molecule has 1 unspecified atom stereocenters. The maximum atomic E-state index is 13.6. The first-order valence-corrected chi connectivity index (χ1v) is 12.7. The first-order chi connectivity index (χ1) is 16.1. The van der Waals surface area contributed by atoms with Gasteiger partial charge in [-0.15, -0.1) is 0 Å². The Bertz CT molecular complexity index is 964. The number of aromatic nitrogens is 1. The maximum absolute atomic E-state index is 13.6. The van der Waals surface area contributed by atoms with Crippen molar-refractivity contribution in [2.75, 3.05) is 11.9 Å². The van der Waals surface area contributed by atoms with Gasteiger partial charge < -0.3 is 19.7 Å². The predicted molar refractivity (Wildman–Crippen MR) is 139 cm³/mol. The summed E-state index contributed by atoms with van der Waals surface area (Å²) in [6.45, 7) is 13.3. The van der Waals surface area contributed by atoms with Crippen LogP contribution < -0.4 is 5.32 Å². The zero-order valence-electron chi connectivity index (χ0n) is 22.0. The van der Waals surface area contributed by atoms with Crippen molar-refractivity contribution in [1.82, 2.24) is 14.4 Å². The summed E-state index contributed by atoms with van der Waals surface area (Å²) in [6.07, 6.45) is 4.85. The Balaban J connectivity index is 1.83. The van der Waals surface area contributed by atoms with Crippen LogP contribution in [0.1, 0.15) is 89.5 Å². The van der Waals surface area contributed by atoms with E-state index in [9.17, 15) is 9.59 Å². The Morgan fingerprint density at radius 1 is 1.03 bits per heavy atom. The van der Waals surface area contributed by atoms with Gasteiger partial charge >= 0.3 is 6.03 Å². The molecule has 0 spiro atoms. The second-order valence-corrected chi connectivity index (χ2v) is 10.3. The molecule has 1 fully saturated rings. The van der Waals surface area contributed by atoms with Crippen molar-refractivity contribution in [3.8, 4) is 0 Å². The van der Waals surface area contributed by atoms with Crippen molar-refractivity contribution in [1.29, 1.82) is 0 Å². The van der Waals surface area contributed by atoms with Gasteiger partial charge in [-0.25, -0.2) is 4.79 Å². The highest BCUT2D eigenvalue weighted by molar-refractivity contribution is 5.94. The van der Waals surface area contributed by atoms with E-state index >= 15 is 0 Å². The van der Waals surface area contributed by atoms with Crippen LogP contribution in [0.5, 0.6) is 0 Å². The number of amides is 3. The predicted octanol–water partition coefficient (Wildman–Crippen LogP) is 6.10. The number of aryl methyl sites for hydroxylation is 1. The molecule has 1 N–H and O–H groups in total. The van der Waals surface area contributed by atoms with Gasteiger partial charge in [0.25, 0.3) is 0 Å². The van der Waals surface area contributed by atoms with Crippen LogP contribution in [0.15, 0.2) is 36.5 Å². The molecule has 1 heterocycles. The average Bonchev–Trinajstić information content (AvgIpc) is 3.56. The summed E-state index contributed by atoms with van der Waals surface area (Å²) in [7, 11) is 2.00. The molecule has 34 heavy (non-hydrogen) atoms. The molecule has 1 aromatic heterocycles. The van der Waals surface area contributed by atoms with Crippen LogP contribution in [0.4, 0.5) is 10.5 Å². The average molecular weight is 467 g/mol. The SMILES string of the molecule is CCC(C)N(CC(=O)N(Cc1cccn1C)C1CC1)C(=O)Nc1c(C(C)C)cccc1C(C)C. The van der Waals surface area contributed by atoms with Gasteiger partial charge in [-0.2, -0.15) is 0 Å². The van der Waals surface area contributed by atoms with E-state index in [2.05, 4.69) is 68.8 Å². The number of benzene rings is 1. The van der Waals surface area contributed by atoms with E-state index in [0.29, 0.717) is 6.54 Å². The minimum Gasteiger partial charge on any atom is -0.353 e. The molecule has 1 atom stereocenters. The molecule has 1 saturated carbocycles. The number of anilines is 1. The molecular weight excluding hydrogens is 424 g/mol. The quantitative estimate of drug-likeness (QED) is 0.460. The van der Waals surface area contributed by atoms with E-state index < -0.39 is 0 Å². The summed E-state index contributed by atoms with van der Waals surface area (Å²) >= 11 is 0. The van der Waals surface area contributed by atoms with Crippen LogP contribution >= 0.6 is 0 Å². The summed E-state index contributed by atoms with van der Waals surface area (Å²) in [6, 6.07) is 10.3. The lowest BCUT2D eigenvalue weighted by atomic mass is 9.92. The van der Waals surface area contributed by atoms with E-state index in [0.717, 1.165) is 41.8 Å². The number of carbonyl (C=O) groups is 2. The van der Waals surface area contributed by atoms with Crippen molar-refractivity contribution >= 4 is 17.6 Å². The molecular formula is C28H42N4O2. The lowest BCUT2D eigenvalue weighted by Crippen LogP contribution is -2.48. The summed E-state index contributed by atoms with van der Waals surface area (Å²) in [5.74, 6) is 0.576.